The minimum absolute atomic E-state index is 0.221. The normalized spacial score (nSPS) is 11.2. The van der Waals surface area contributed by atoms with Gasteiger partial charge >= 0.3 is 0 Å². The maximum absolute atomic E-state index is 12.5. The van der Waals surface area contributed by atoms with Crippen LogP contribution in [0.2, 0.25) is 0 Å². The molecule has 1 N–H and O–H groups in total. The van der Waals surface area contributed by atoms with Crippen LogP contribution in [0.4, 0.5) is 17.3 Å². The van der Waals surface area contributed by atoms with E-state index in [2.05, 4.69) is 14.7 Å². The van der Waals surface area contributed by atoms with Gasteiger partial charge in [0.05, 0.1) is 27.0 Å². The summed E-state index contributed by atoms with van der Waals surface area (Å²) in [5, 5.41) is 22.2. The second-order valence-electron chi connectivity index (χ2n) is 5.67. The van der Waals surface area contributed by atoms with Crippen molar-refractivity contribution < 1.29 is 18.3 Å². The first-order valence-electron chi connectivity index (χ1n) is 7.45. The average Bonchev–Trinajstić information content (AvgIpc) is 2.59. The predicted octanol–water partition coefficient (Wildman–Crippen LogP) is 1.15. The zero-order valence-electron chi connectivity index (χ0n) is 14.6. The van der Waals surface area contributed by atoms with Gasteiger partial charge in [-0.05, 0) is 13.0 Å². The summed E-state index contributed by atoms with van der Waals surface area (Å²) in [6, 6.07) is 3.07. The highest BCUT2D eigenvalue weighted by Crippen LogP contribution is 2.31. The highest BCUT2D eigenvalue weighted by atomic mass is 32.2. The van der Waals surface area contributed by atoms with Gasteiger partial charge in [0, 0.05) is 32.4 Å². The van der Waals surface area contributed by atoms with Crippen LogP contribution in [-0.4, -0.2) is 42.3 Å². The molecule has 1 aromatic heterocycles. The standard InChI is InChI=1S/C14H16N6O6S/c1-9-12(19(21)22)6-11(7-13(9)20(23)24)27(25,26)16-8-10-4-5-15-14(17-10)18(2)3/h4-7,16H,8H2,1-3H3. The number of nitro benzene ring substituents is 2. The maximum Gasteiger partial charge on any atom is 0.280 e. The zero-order chi connectivity index (χ0) is 20.4. The second kappa shape index (κ2) is 7.59. The summed E-state index contributed by atoms with van der Waals surface area (Å²) in [4.78, 5) is 29.7. The van der Waals surface area contributed by atoms with E-state index in [-0.39, 0.29) is 12.1 Å². The molecule has 144 valence electrons. The quantitative estimate of drug-likeness (QED) is 0.534. The van der Waals surface area contributed by atoms with Crippen LogP contribution >= 0.6 is 0 Å². The van der Waals surface area contributed by atoms with Gasteiger partial charge < -0.3 is 4.90 Å². The van der Waals surface area contributed by atoms with Crippen LogP contribution < -0.4 is 9.62 Å². The molecule has 1 aromatic carbocycles. The molecule has 0 unspecified atom stereocenters. The first-order chi connectivity index (χ1) is 12.5. The fourth-order valence-electron chi connectivity index (χ4n) is 2.14. The summed E-state index contributed by atoms with van der Waals surface area (Å²) >= 11 is 0. The minimum atomic E-state index is -4.25. The fourth-order valence-corrected chi connectivity index (χ4v) is 3.18. The van der Waals surface area contributed by atoms with Crippen LogP contribution in [0.25, 0.3) is 0 Å². The first kappa shape index (κ1) is 20.1. The van der Waals surface area contributed by atoms with E-state index >= 15 is 0 Å². The largest absolute Gasteiger partial charge is 0.347 e. The van der Waals surface area contributed by atoms with Crippen molar-refractivity contribution in [2.24, 2.45) is 0 Å². The number of nitrogens with one attached hydrogen (secondary N) is 1. The fraction of sp³-hybridized carbons (Fsp3) is 0.286. The maximum atomic E-state index is 12.5. The molecule has 0 saturated heterocycles. The van der Waals surface area contributed by atoms with Gasteiger partial charge in [0.2, 0.25) is 16.0 Å². The van der Waals surface area contributed by atoms with Gasteiger partial charge in [-0.1, -0.05) is 0 Å². The Kier molecular flexibility index (Phi) is 5.66. The molecule has 0 aliphatic carbocycles. The van der Waals surface area contributed by atoms with Gasteiger partial charge in [-0.15, -0.1) is 0 Å². The molecule has 0 atom stereocenters. The summed E-state index contributed by atoms with van der Waals surface area (Å²) in [6.45, 7) is 0.963. The van der Waals surface area contributed by atoms with Crippen LogP contribution in [0.15, 0.2) is 29.3 Å². The average molecular weight is 396 g/mol. The molecule has 2 aromatic rings. The molecule has 0 radical (unpaired) electrons. The van der Waals surface area contributed by atoms with E-state index in [1.54, 1.807) is 19.0 Å². The number of hydrogen-bond donors (Lipinski definition) is 1. The molecule has 0 bridgehead atoms. The van der Waals surface area contributed by atoms with E-state index in [0.717, 1.165) is 12.1 Å². The van der Waals surface area contributed by atoms with Gasteiger partial charge in [-0.3, -0.25) is 20.2 Å². The lowest BCUT2D eigenvalue weighted by Crippen LogP contribution is -2.24. The van der Waals surface area contributed by atoms with E-state index in [1.807, 2.05) is 0 Å². The third kappa shape index (κ3) is 4.51. The number of rotatable bonds is 7. The Bertz CT molecular complexity index is 972. The Morgan fingerprint density at radius 1 is 1.15 bits per heavy atom. The summed E-state index contributed by atoms with van der Waals surface area (Å²) in [6.07, 6.45) is 1.45. The molecular formula is C14H16N6O6S. The van der Waals surface area contributed by atoms with Gasteiger partial charge in [0.15, 0.2) is 0 Å². The summed E-state index contributed by atoms with van der Waals surface area (Å²) in [7, 11) is -0.821. The smallest absolute Gasteiger partial charge is 0.280 e. The molecule has 0 aliphatic heterocycles. The number of sulfonamides is 1. The van der Waals surface area contributed by atoms with E-state index in [4.69, 9.17) is 0 Å². The Hall–Kier alpha value is -3.19. The Morgan fingerprint density at radius 3 is 2.19 bits per heavy atom. The molecule has 0 spiro atoms. The lowest BCUT2D eigenvalue weighted by molar-refractivity contribution is -0.395. The van der Waals surface area contributed by atoms with Gasteiger partial charge in [0.1, 0.15) is 5.56 Å². The van der Waals surface area contributed by atoms with Crippen molar-refractivity contribution in [1.29, 1.82) is 0 Å². The highest BCUT2D eigenvalue weighted by molar-refractivity contribution is 7.89. The summed E-state index contributed by atoms with van der Waals surface area (Å²) < 4.78 is 27.2. The molecule has 13 heteroatoms. The van der Waals surface area contributed by atoms with Crippen molar-refractivity contribution in [3.63, 3.8) is 0 Å². The molecule has 1 heterocycles. The number of anilines is 1. The van der Waals surface area contributed by atoms with E-state index in [1.165, 1.54) is 19.2 Å². The van der Waals surface area contributed by atoms with Crippen LogP contribution in [0.1, 0.15) is 11.3 Å². The van der Waals surface area contributed by atoms with Crippen molar-refractivity contribution in [2.75, 3.05) is 19.0 Å². The molecular weight excluding hydrogens is 380 g/mol. The van der Waals surface area contributed by atoms with E-state index in [9.17, 15) is 28.6 Å². The number of benzene rings is 1. The SMILES string of the molecule is Cc1c([N+](=O)[O-])cc(S(=O)(=O)NCc2ccnc(N(C)C)n2)cc1[N+](=O)[O-]. The summed E-state index contributed by atoms with van der Waals surface area (Å²) in [5.74, 6) is 0.369. The highest BCUT2D eigenvalue weighted by Gasteiger charge is 2.28. The van der Waals surface area contributed by atoms with Crippen LogP contribution in [0, 0.1) is 27.2 Å². The number of nitro groups is 2. The van der Waals surface area contributed by atoms with Crippen molar-refractivity contribution in [3.05, 3.63) is 55.9 Å². The molecule has 0 aliphatic rings. The van der Waals surface area contributed by atoms with Crippen LogP contribution in [-0.2, 0) is 16.6 Å². The van der Waals surface area contributed by atoms with Crippen molar-refractivity contribution in [1.82, 2.24) is 14.7 Å². The summed E-state index contributed by atoms with van der Waals surface area (Å²) in [5.41, 5.74) is -1.17. The lowest BCUT2D eigenvalue weighted by Gasteiger charge is -2.11. The lowest BCUT2D eigenvalue weighted by atomic mass is 10.1. The van der Waals surface area contributed by atoms with Gasteiger partial charge in [0.25, 0.3) is 11.4 Å². The van der Waals surface area contributed by atoms with Crippen molar-refractivity contribution in [3.8, 4) is 0 Å². The monoisotopic (exact) mass is 396 g/mol. The third-order valence-electron chi connectivity index (χ3n) is 3.57. The molecule has 0 saturated carbocycles. The van der Waals surface area contributed by atoms with Crippen molar-refractivity contribution in [2.45, 2.75) is 18.4 Å². The molecule has 27 heavy (non-hydrogen) atoms. The molecule has 2 rings (SSSR count). The van der Waals surface area contributed by atoms with E-state index < -0.39 is 36.1 Å². The molecule has 0 fully saturated rings. The number of nitrogens with zero attached hydrogens (tertiary/aromatic N) is 5. The van der Waals surface area contributed by atoms with E-state index in [0.29, 0.717) is 11.6 Å². The van der Waals surface area contributed by atoms with Gasteiger partial charge in [-0.25, -0.2) is 23.1 Å². The zero-order valence-corrected chi connectivity index (χ0v) is 15.4. The van der Waals surface area contributed by atoms with Crippen LogP contribution in [0.3, 0.4) is 0 Å². The Balaban J connectivity index is 2.37. The minimum Gasteiger partial charge on any atom is -0.347 e. The molecule has 12 nitrogen and oxygen atoms in total. The predicted molar refractivity (Wildman–Crippen MR) is 94.9 cm³/mol. The topological polar surface area (TPSA) is 161 Å². The Morgan fingerprint density at radius 2 is 1.70 bits per heavy atom. The molecule has 0 amide bonds. The Labute approximate surface area is 154 Å². The van der Waals surface area contributed by atoms with Crippen LogP contribution in [0.5, 0.6) is 0 Å². The van der Waals surface area contributed by atoms with Crippen molar-refractivity contribution >= 4 is 27.3 Å². The third-order valence-corrected chi connectivity index (χ3v) is 4.95. The number of hydrogen-bond acceptors (Lipinski definition) is 9. The number of aromatic nitrogens is 2. The second-order valence-corrected chi connectivity index (χ2v) is 7.43. The first-order valence-corrected chi connectivity index (χ1v) is 8.93. The van der Waals surface area contributed by atoms with Gasteiger partial charge in [-0.2, -0.15) is 0 Å².